The molecule has 2 fully saturated rings. The van der Waals surface area contributed by atoms with E-state index in [0.717, 1.165) is 43.4 Å². The van der Waals surface area contributed by atoms with Crippen LogP contribution in [-0.2, 0) is 0 Å². The van der Waals surface area contributed by atoms with Crippen molar-refractivity contribution in [2.75, 3.05) is 20.2 Å². The van der Waals surface area contributed by atoms with E-state index in [-0.39, 0.29) is 11.7 Å². The van der Waals surface area contributed by atoms with E-state index in [2.05, 4.69) is 14.9 Å². The largest absolute Gasteiger partial charge is 0.490 e. The van der Waals surface area contributed by atoms with Gasteiger partial charge >= 0.3 is 0 Å². The van der Waals surface area contributed by atoms with Gasteiger partial charge in [0, 0.05) is 25.2 Å². The molecule has 1 saturated heterocycles. The van der Waals surface area contributed by atoms with Gasteiger partial charge in [0.2, 0.25) is 5.88 Å². The predicted octanol–water partition coefficient (Wildman–Crippen LogP) is 3.88. The Morgan fingerprint density at radius 3 is 2.44 bits per heavy atom. The summed E-state index contributed by atoms with van der Waals surface area (Å²) in [7, 11) is 1.53. The van der Waals surface area contributed by atoms with Gasteiger partial charge in [0.15, 0.2) is 0 Å². The minimum absolute atomic E-state index is 0.138. The molecule has 7 heteroatoms. The lowest BCUT2D eigenvalue weighted by Crippen LogP contribution is -2.43. The number of piperidine rings is 1. The van der Waals surface area contributed by atoms with E-state index >= 15 is 0 Å². The van der Waals surface area contributed by atoms with Crippen molar-refractivity contribution >= 4 is 10.9 Å². The van der Waals surface area contributed by atoms with Crippen molar-refractivity contribution in [1.29, 1.82) is 0 Å². The lowest BCUT2D eigenvalue weighted by Gasteiger charge is -2.36. The van der Waals surface area contributed by atoms with E-state index < -0.39 is 0 Å². The zero-order chi connectivity index (χ0) is 22.1. The summed E-state index contributed by atoms with van der Waals surface area (Å²) >= 11 is 0. The lowest BCUT2D eigenvalue weighted by molar-refractivity contribution is 0.0768. The maximum atomic E-state index is 13.2. The van der Waals surface area contributed by atoms with E-state index in [0.29, 0.717) is 22.6 Å². The van der Waals surface area contributed by atoms with Crippen molar-refractivity contribution in [3.05, 3.63) is 52.7 Å². The van der Waals surface area contributed by atoms with E-state index in [1.807, 2.05) is 31.2 Å². The Kier molecular flexibility index (Phi) is 5.83. The second-order valence-electron chi connectivity index (χ2n) is 8.83. The number of benzene rings is 1. The van der Waals surface area contributed by atoms with Gasteiger partial charge in [-0.2, -0.15) is 0 Å². The third kappa shape index (κ3) is 4.09. The van der Waals surface area contributed by atoms with Crippen molar-refractivity contribution in [1.82, 2.24) is 19.4 Å². The first kappa shape index (κ1) is 20.9. The molecule has 1 aliphatic heterocycles. The SMILES string of the molecule is COc1cc2c(=O)n(-c3ccc(OC4CCN(C5CCCC5)CC4)cc3)c(C)nc2cn1. The van der Waals surface area contributed by atoms with Gasteiger partial charge in [-0.25, -0.2) is 9.97 Å². The van der Waals surface area contributed by atoms with Gasteiger partial charge < -0.3 is 14.4 Å². The van der Waals surface area contributed by atoms with E-state index in [9.17, 15) is 4.79 Å². The number of pyridine rings is 1. The van der Waals surface area contributed by atoms with Crippen LogP contribution in [0, 0.1) is 6.92 Å². The molecule has 0 amide bonds. The topological polar surface area (TPSA) is 69.5 Å². The first-order valence-corrected chi connectivity index (χ1v) is 11.6. The molecule has 2 aromatic heterocycles. The molecule has 168 valence electrons. The summed E-state index contributed by atoms with van der Waals surface area (Å²) in [4.78, 5) is 24.5. The van der Waals surface area contributed by atoms with Gasteiger partial charge in [-0.15, -0.1) is 0 Å². The van der Waals surface area contributed by atoms with Crippen LogP contribution in [0.25, 0.3) is 16.6 Å². The van der Waals surface area contributed by atoms with Gasteiger partial charge in [-0.3, -0.25) is 9.36 Å². The van der Waals surface area contributed by atoms with Crippen LogP contribution < -0.4 is 15.0 Å². The highest BCUT2D eigenvalue weighted by Gasteiger charge is 2.27. The Balaban J connectivity index is 1.31. The van der Waals surface area contributed by atoms with Crippen LogP contribution in [0.3, 0.4) is 0 Å². The molecular formula is C25H30N4O3. The van der Waals surface area contributed by atoms with Crippen molar-refractivity contribution < 1.29 is 9.47 Å². The number of methoxy groups -OCH3 is 1. The number of aryl methyl sites for hydroxylation is 1. The third-order valence-electron chi connectivity index (χ3n) is 6.82. The molecule has 7 nitrogen and oxygen atoms in total. The molecule has 5 rings (SSSR count). The van der Waals surface area contributed by atoms with Crippen LogP contribution in [0.2, 0.25) is 0 Å². The lowest BCUT2D eigenvalue weighted by atomic mass is 10.0. The van der Waals surface area contributed by atoms with Crippen molar-refractivity contribution in [3.63, 3.8) is 0 Å². The maximum Gasteiger partial charge on any atom is 0.266 e. The van der Waals surface area contributed by atoms with Crippen LogP contribution in [-0.4, -0.2) is 51.8 Å². The molecule has 0 atom stereocenters. The Hall–Kier alpha value is -2.93. The zero-order valence-corrected chi connectivity index (χ0v) is 18.8. The molecule has 0 spiro atoms. The average Bonchev–Trinajstić information content (AvgIpc) is 3.36. The van der Waals surface area contributed by atoms with Crippen LogP contribution in [0.1, 0.15) is 44.3 Å². The molecule has 0 bridgehead atoms. The standard InChI is InChI=1S/C25H30N4O3/c1-17-27-23-16-26-24(31-2)15-22(23)25(30)29(17)19-7-9-20(10-8-19)32-21-11-13-28(14-12-21)18-5-3-4-6-18/h7-10,15-16,18,21H,3-6,11-14H2,1-2H3. The van der Waals surface area contributed by atoms with Gasteiger partial charge in [-0.05, 0) is 56.9 Å². The summed E-state index contributed by atoms with van der Waals surface area (Å²) in [6, 6.07) is 10.2. The molecule has 0 radical (unpaired) electrons. The molecule has 0 unspecified atom stereocenters. The number of rotatable bonds is 5. The van der Waals surface area contributed by atoms with Crippen molar-refractivity contribution in [2.45, 2.75) is 57.6 Å². The van der Waals surface area contributed by atoms with Crippen LogP contribution >= 0.6 is 0 Å². The monoisotopic (exact) mass is 434 g/mol. The Bertz CT molecular complexity index is 1140. The van der Waals surface area contributed by atoms with Gasteiger partial charge in [-0.1, -0.05) is 12.8 Å². The molecule has 0 N–H and O–H groups in total. The van der Waals surface area contributed by atoms with E-state index in [1.54, 1.807) is 16.8 Å². The summed E-state index contributed by atoms with van der Waals surface area (Å²) in [6.45, 7) is 4.08. The van der Waals surface area contributed by atoms with Crippen LogP contribution in [0.5, 0.6) is 11.6 Å². The summed E-state index contributed by atoms with van der Waals surface area (Å²) in [5.74, 6) is 1.86. The number of nitrogens with zero attached hydrogens (tertiary/aromatic N) is 4. The molecular weight excluding hydrogens is 404 g/mol. The fourth-order valence-electron chi connectivity index (χ4n) is 5.09. The number of aromatic nitrogens is 3. The molecule has 32 heavy (non-hydrogen) atoms. The van der Waals surface area contributed by atoms with Crippen molar-refractivity contribution in [3.8, 4) is 17.3 Å². The molecule has 3 heterocycles. The number of hydrogen-bond donors (Lipinski definition) is 0. The number of hydrogen-bond acceptors (Lipinski definition) is 6. The van der Waals surface area contributed by atoms with Crippen molar-refractivity contribution in [2.24, 2.45) is 0 Å². The number of fused-ring (bicyclic) bond motifs is 1. The quantitative estimate of drug-likeness (QED) is 0.607. The molecule has 1 aliphatic carbocycles. The maximum absolute atomic E-state index is 13.2. The Labute approximate surface area is 188 Å². The highest BCUT2D eigenvalue weighted by Crippen LogP contribution is 2.28. The number of likely N-dealkylation sites (tertiary alicyclic amines) is 1. The molecule has 3 aromatic rings. The van der Waals surface area contributed by atoms with Gasteiger partial charge in [0.25, 0.3) is 5.56 Å². The predicted molar refractivity (Wildman–Crippen MR) is 124 cm³/mol. The second kappa shape index (κ2) is 8.90. The van der Waals surface area contributed by atoms with Gasteiger partial charge in [0.05, 0.1) is 29.9 Å². The average molecular weight is 435 g/mol. The smallest absolute Gasteiger partial charge is 0.266 e. The summed E-state index contributed by atoms with van der Waals surface area (Å²) in [5.41, 5.74) is 1.19. The Morgan fingerprint density at radius 1 is 1.03 bits per heavy atom. The van der Waals surface area contributed by atoms with Crippen LogP contribution in [0.4, 0.5) is 0 Å². The second-order valence-corrected chi connectivity index (χ2v) is 8.83. The normalized spacial score (nSPS) is 18.3. The molecule has 2 aliphatic rings. The fourth-order valence-corrected chi connectivity index (χ4v) is 5.09. The fraction of sp³-hybridized carbons (Fsp3) is 0.480. The minimum atomic E-state index is -0.138. The van der Waals surface area contributed by atoms with Gasteiger partial charge in [0.1, 0.15) is 17.7 Å². The highest BCUT2D eigenvalue weighted by molar-refractivity contribution is 5.78. The minimum Gasteiger partial charge on any atom is -0.490 e. The number of ether oxygens (including phenoxy) is 2. The highest BCUT2D eigenvalue weighted by atomic mass is 16.5. The molecule has 1 saturated carbocycles. The zero-order valence-electron chi connectivity index (χ0n) is 18.8. The summed E-state index contributed by atoms with van der Waals surface area (Å²) in [6.07, 6.45) is 9.45. The molecule has 1 aromatic carbocycles. The van der Waals surface area contributed by atoms with E-state index in [4.69, 9.17) is 9.47 Å². The summed E-state index contributed by atoms with van der Waals surface area (Å²) < 4.78 is 13.1. The first-order valence-electron chi connectivity index (χ1n) is 11.6. The third-order valence-corrected chi connectivity index (χ3v) is 6.82. The first-order chi connectivity index (χ1) is 15.6. The van der Waals surface area contributed by atoms with E-state index in [1.165, 1.54) is 32.8 Å². The Morgan fingerprint density at radius 2 is 1.75 bits per heavy atom. The van der Waals surface area contributed by atoms with Crippen LogP contribution in [0.15, 0.2) is 41.3 Å². The summed E-state index contributed by atoms with van der Waals surface area (Å²) in [5, 5.41) is 0.483.